The van der Waals surface area contributed by atoms with Crippen LogP contribution in [0.15, 0.2) is 17.6 Å². The summed E-state index contributed by atoms with van der Waals surface area (Å²) < 4.78 is 1.64. The average Bonchev–Trinajstić information content (AvgIpc) is 2.67. The van der Waals surface area contributed by atoms with E-state index in [9.17, 15) is 0 Å². The van der Waals surface area contributed by atoms with Crippen LogP contribution in [0.1, 0.15) is 4.88 Å². The van der Waals surface area contributed by atoms with E-state index in [4.69, 9.17) is 28.9 Å². The molecule has 0 aliphatic rings. The molecule has 0 unspecified atom stereocenters. The molecule has 0 atom stereocenters. The van der Waals surface area contributed by atoms with Crippen LogP contribution in [0.5, 0.6) is 0 Å². The number of nitrogens with zero attached hydrogens (tertiary/aromatic N) is 2. The van der Waals surface area contributed by atoms with Crippen LogP contribution < -0.4 is 5.73 Å². The number of nitrogen functional groups attached to an aromatic ring is 1. The largest absolute Gasteiger partial charge is 0.383 e. The van der Waals surface area contributed by atoms with Crippen molar-refractivity contribution in [2.75, 3.05) is 5.73 Å². The van der Waals surface area contributed by atoms with Crippen LogP contribution in [0, 0.1) is 0 Å². The molecule has 0 saturated heterocycles. The van der Waals surface area contributed by atoms with Gasteiger partial charge in [-0.1, -0.05) is 23.2 Å². The predicted molar refractivity (Wildman–Crippen MR) is 60.1 cm³/mol. The second-order valence-corrected chi connectivity index (χ2v) is 4.61. The zero-order valence-electron chi connectivity index (χ0n) is 7.08. The van der Waals surface area contributed by atoms with Crippen molar-refractivity contribution in [3.8, 4) is 0 Å². The summed E-state index contributed by atoms with van der Waals surface area (Å²) in [5.74, 6) is 0.483. The molecule has 2 rings (SSSR count). The van der Waals surface area contributed by atoms with Gasteiger partial charge in [0.25, 0.3) is 0 Å². The lowest BCUT2D eigenvalue weighted by Gasteiger charge is -2.00. The number of aromatic nitrogens is 2. The summed E-state index contributed by atoms with van der Waals surface area (Å²) in [5.41, 5.74) is 5.70. The molecule has 2 aromatic heterocycles. The van der Waals surface area contributed by atoms with E-state index < -0.39 is 0 Å². The fourth-order valence-corrected chi connectivity index (χ4v) is 2.28. The lowest BCUT2D eigenvalue weighted by atomic mass is 10.4. The van der Waals surface area contributed by atoms with Gasteiger partial charge in [0.05, 0.1) is 17.8 Å². The van der Waals surface area contributed by atoms with Crippen molar-refractivity contribution in [2.24, 2.45) is 0 Å². The van der Waals surface area contributed by atoms with Gasteiger partial charge in [-0.25, -0.2) is 4.68 Å². The maximum atomic E-state index is 5.80. The highest BCUT2D eigenvalue weighted by molar-refractivity contribution is 7.10. The molecule has 6 heteroatoms. The first-order valence-electron chi connectivity index (χ1n) is 3.86. The van der Waals surface area contributed by atoms with Gasteiger partial charge in [-0.15, -0.1) is 11.3 Å². The van der Waals surface area contributed by atoms with Gasteiger partial charge in [-0.2, -0.15) is 5.10 Å². The van der Waals surface area contributed by atoms with Crippen molar-refractivity contribution in [2.45, 2.75) is 6.54 Å². The molecule has 0 aliphatic heterocycles. The molecule has 0 amide bonds. The van der Waals surface area contributed by atoms with E-state index >= 15 is 0 Å². The van der Waals surface area contributed by atoms with E-state index in [-0.39, 0.29) is 0 Å². The quantitative estimate of drug-likeness (QED) is 0.887. The maximum Gasteiger partial charge on any atom is 0.140 e. The first-order valence-corrected chi connectivity index (χ1v) is 5.50. The Hall–Kier alpha value is -0.710. The monoisotopic (exact) mass is 247 g/mol. The molecule has 2 N–H and O–H groups in total. The summed E-state index contributed by atoms with van der Waals surface area (Å²) in [6, 6.07) is 1.89. The average molecular weight is 248 g/mol. The van der Waals surface area contributed by atoms with Crippen LogP contribution in [0.3, 0.4) is 0 Å². The molecule has 0 aromatic carbocycles. The van der Waals surface area contributed by atoms with E-state index in [0.717, 1.165) is 9.90 Å². The first-order chi connectivity index (χ1) is 6.66. The van der Waals surface area contributed by atoms with E-state index in [1.54, 1.807) is 16.0 Å². The second-order valence-electron chi connectivity index (χ2n) is 2.77. The highest BCUT2D eigenvalue weighted by atomic mass is 35.5. The molecule has 0 fully saturated rings. The topological polar surface area (TPSA) is 43.8 Å². The summed E-state index contributed by atoms with van der Waals surface area (Å²) in [6.45, 7) is 0.607. The van der Waals surface area contributed by atoms with Gasteiger partial charge in [0.1, 0.15) is 10.8 Å². The van der Waals surface area contributed by atoms with Crippen molar-refractivity contribution < 1.29 is 0 Å². The minimum absolute atomic E-state index is 0.479. The van der Waals surface area contributed by atoms with E-state index in [1.807, 2.05) is 11.4 Å². The summed E-state index contributed by atoms with van der Waals surface area (Å²) in [4.78, 5) is 1.10. The van der Waals surface area contributed by atoms with Gasteiger partial charge in [0.2, 0.25) is 0 Å². The van der Waals surface area contributed by atoms with Crippen LogP contribution in [0.4, 0.5) is 5.82 Å². The van der Waals surface area contributed by atoms with Gasteiger partial charge in [-0.3, -0.25) is 0 Å². The highest BCUT2D eigenvalue weighted by Crippen LogP contribution is 2.23. The second kappa shape index (κ2) is 3.81. The number of halogens is 2. The molecule has 2 aromatic rings. The summed E-state index contributed by atoms with van der Waals surface area (Å²) >= 11 is 13.1. The van der Waals surface area contributed by atoms with Crippen LogP contribution >= 0.6 is 34.5 Å². The number of anilines is 1. The van der Waals surface area contributed by atoms with Gasteiger partial charge >= 0.3 is 0 Å². The third kappa shape index (κ3) is 1.87. The lowest BCUT2D eigenvalue weighted by molar-refractivity contribution is 0.705. The molecule has 3 nitrogen and oxygen atoms in total. The fraction of sp³-hybridized carbons (Fsp3) is 0.125. The number of thiophene rings is 1. The SMILES string of the molecule is Nc1c(Cl)cnn1Cc1cc(Cl)cs1. The Morgan fingerprint density at radius 1 is 1.50 bits per heavy atom. The normalized spacial score (nSPS) is 10.7. The summed E-state index contributed by atoms with van der Waals surface area (Å²) in [6.07, 6.45) is 1.53. The summed E-state index contributed by atoms with van der Waals surface area (Å²) in [5, 5.41) is 7.13. The predicted octanol–water partition coefficient (Wildman–Crippen LogP) is 2.88. The van der Waals surface area contributed by atoms with Crippen molar-refractivity contribution in [1.29, 1.82) is 0 Å². The van der Waals surface area contributed by atoms with Crippen LogP contribution in [-0.4, -0.2) is 9.78 Å². The molecule has 0 saturated carbocycles. The number of hydrogen-bond donors (Lipinski definition) is 1. The Bertz CT molecular complexity index is 449. The van der Waals surface area contributed by atoms with Gasteiger partial charge in [0, 0.05) is 10.3 Å². The molecule has 0 spiro atoms. The number of rotatable bonds is 2. The smallest absolute Gasteiger partial charge is 0.140 e. The maximum absolute atomic E-state index is 5.80. The Morgan fingerprint density at radius 3 is 2.79 bits per heavy atom. The lowest BCUT2D eigenvalue weighted by Crippen LogP contribution is -2.04. The van der Waals surface area contributed by atoms with Gasteiger partial charge in [0.15, 0.2) is 0 Å². The molecular formula is C8H7Cl2N3S. The van der Waals surface area contributed by atoms with Crippen molar-refractivity contribution in [3.63, 3.8) is 0 Å². The third-order valence-electron chi connectivity index (χ3n) is 1.76. The highest BCUT2D eigenvalue weighted by Gasteiger charge is 2.06. The Kier molecular flexibility index (Phi) is 2.67. The molecule has 74 valence electrons. The molecule has 0 bridgehead atoms. The third-order valence-corrected chi connectivity index (χ3v) is 3.32. The van der Waals surface area contributed by atoms with Gasteiger partial charge in [-0.05, 0) is 6.07 Å². The number of hydrogen-bond acceptors (Lipinski definition) is 3. The van der Waals surface area contributed by atoms with Crippen LogP contribution in [0.2, 0.25) is 10.0 Å². The Balaban J connectivity index is 2.22. The Labute approximate surface area is 95.0 Å². The fourth-order valence-electron chi connectivity index (χ4n) is 1.08. The molecule has 2 heterocycles. The molecule has 0 aliphatic carbocycles. The minimum atomic E-state index is 0.479. The molecule has 0 radical (unpaired) electrons. The van der Waals surface area contributed by atoms with E-state index in [2.05, 4.69) is 5.10 Å². The molecule has 14 heavy (non-hydrogen) atoms. The number of nitrogens with two attached hydrogens (primary N) is 1. The van der Waals surface area contributed by atoms with Crippen molar-refractivity contribution in [1.82, 2.24) is 9.78 Å². The standard InChI is InChI=1S/C8H7Cl2N3S/c9-5-1-6(14-4-5)3-13-8(11)7(10)2-12-13/h1-2,4H,3,11H2. The van der Waals surface area contributed by atoms with Crippen LogP contribution in [-0.2, 0) is 6.54 Å². The van der Waals surface area contributed by atoms with Crippen molar-refractivity contribution >= 4 is 40.4 Å². The molecular weight excluding hydrogens is 241 g/mol. The Morgan fingerprint density at radius 2 is 2.29 bits per heavy atom. The van der Waals surface area contributed by atoms with Crippen molar-refractivity contribution in [3.05, 3.63) is 32.6 Å². The zero-order valence-corrected chi connectivity index (χ0v) is 9.40. The van der Waals surface area contributed by atoms with E-state index in [0.29, 0.717) is 17.4 Å². The van der Waals surface area contributed by atoms with Gasteiger partial charge < -0.3 is 5.73 Å². The first kappa shape index (κ1) is 9.83. The van der Waals surface area contributed by atoms with E-state index in [1.165, 1.54) is 6.20 Å². The zero-order chi connectivity index (χ0) is 10.1. The van der Waals surface area contributed by atoms with Crippen LogP contribution in [0.25, 0.3) is 0 Å². The minimum Gasteiger partial charge on any atom is -0.383 e. The summed E-state index contributed by atoms with van der Waals surface area (Å²) in [7, 11) is 0.